The number of rotatable bonds is 8. The van der Waals surface area contributed by atoms with Crippen LogP contribution in [-0.4, -0.2) is 0 Å². The predicted octanol–water partition coefficient (Wildman–Crippen LogP) is 8.83. The maximum absolute atomic E-state index is 13.5. The molecule has 152 valence electrons. The van der Waals surface area contributed by atoms with E-state index in [1.165, 1.54) is 72.1 Å². The van der Waals surface area contributed by atoms with E-state index in [0.717, 1.165) is 11.1 Å². The van der Waals surface area contributed by atoms with Crippen LogP contribution in [0.5, 0.6) is 0 Å². The Labute approximate surface area is 179 Å². The summed E-state index contributed by atoms with van der Waals surface area (Å²) in [7, 11) is 0. The Morgan fingerprint density at radius 1 is 0.567 bits per heavy atom. The van der Waals surface area contributed by atoms with Crippen molar-refractivity contribution >= 4 is 10.8 Å². The van der Waals surface area contributed by atoms with Crippen LogP contribution in [0.4, 0.5) is 4.39 Å². The van der Waals surface area contributed by atoms with Gasteiger partial charge in [0.05, 0.1) is 0 Å². The van der Waals surface area contributed by atoms with Gasteiger partial charge in [-0.1, -0.05) is 99.3 Å². The first-order valence-electron chi connectivity index (χ1n) is 11.1. The monoisotopic (exact) mass is 396 g/mol. The molecule has 0 aromatic heterocycles. The highest BCUT2D eigenvalue weighted by Gasteiger charge is 2.04. The molecule has 0 saturated heterocycles. The fourth-order valence-corrected chi connectivity index (χ4v) is 4.09. The van der Waals surface area contributed by atoms with Gasteiger partial charge in [0.25, 0.3) is 0 Å². The third-order valence-electron chi connectivity index (χ3n) is 5.85. The first-order valence-corrected chi connectivity index (χ1v) is 11.1. The van der Waals surface area contributed by atoms with Gasteiger partial charge in [-0.05, 0) is 69.6 Å². The molecule has 4 rings (SSSR count). The largest absolute Gasteiger partial charge is 0.207 e. The number of fused-ring (bicyclic) bond motifs is 1. The minimum Gasteiger partial charge on any atom is -0.207 e. The van der Waals surface area contributed by atoms with Gasteiger partial charge in [-0.15, -0.1) is 0 Å². The number of aryl methyl sites for hydroxylation is 1. The Morgan fingerprint density at radius 2 is 1.20 bits per heavy atom. The van der Waals surface area contributed by atoms with Gasteiger partial charge in [0.1, 0.15) is 5.82 Å². The Morgan fingerprint density at radius 3 is 1.93 bits per heavy atom. The highest BCUT2D eigenvalue weighted by Crippen LogP contribution is 2.28. The van der Waals surface area contributed by atoms with E-state index >= 15 is 0 Å². The summed E-state index contributed by atoms with van der Waals surface area (Å²) in [5, 5.41) is 2.58. The third-order valence-corrected chi connectivity index (χ3v) is 5.85. The van der Waals surface area contributed by atoms with E-state index in [1.807, 2.05) is 6.07 Å². The molecule has 4 aromatic carbocycles. The molecule has 0 saturated carbocycles. The second kappa shape index (κ2) is 9.71. The molecule has 0 aliphatic heterocycles. The summed E-state index contributed by atoms with van der Waals surface area (Å²) in [4.78, 5) is 0. The average molecular weight is 397 g/mol. The minimum absolute atomic E-state index is 0.202. The quantitative estimate of drug-likeness (QED) is 0.261. The summed E-state index contributed by atoms with van der Waals surface area (Å²) in [6, 6.07) is 28.7. The van der Waals surface area contributed by atoms with E-state index in [-0.39, 0.29) is 5.82 Å². The molecule has 0 radical (unpaired) electrons. The van der Waals surface area contributed by atoms with E-state index < -0.39 is 0 Å². The zero-order valence-corrected chi connectivity index (χ0v) is 17.7. The lowest BCUT2D eigenvalue weighted by molar-refractivity contribution is 0.628. The highest BCUT2D eigenvalue weighted by molar-refractivity contribution is 5.88. The van der Waals surface area contributed by atoms with Crippen molar-refractivity contribution in [3.05, 3.63) is 96.3 Å². The van der Waals surface area contributed by atoms with Gasteiger partial charge in [0.2, 0.25) is 0 Å². The van der Waals surface area contributed by atoms with E-state index in [0.29, 0.717) is 0 Å². The fraction of sp³-hybridized carbons (Fsp3) is 0.241. The van der Waals surface area contributed by atoms with E-state index in [9.17, 15) is 4.39 Å². The molecule has 1 heteroatoms. The number of hydrogen-bond acceptors (Lipinski definition) is 0. The van der Waals surface area contributed by atoms with Crippen LogP contribution >= 0.6 is 0 Å². The molecule has 0 bridgehead atoms. The average Bonchev–Trinajstić information content (AvgIpc) is 2.79. The molecule has 0 heterocycles. The molecule has 0 spiro atoms. The van der Waals surface area contributed by atoms with Crippen molar-refractivity contribution < 1.29 is 4.39 Å². The van der Waals surface area contributed by atoms with Gasteiger partial charge < -0.3 is 0 Å². The van der Waals surface area contributed by atoms with Crippen LogP contribution < -0.4 is 0 Å². The van der Waals surface area contributed by atoms with Gasteiger partial charge in [0, 0.05) is 0 Å². The van der Waals surface area contributed by atoms with Crippen LogP contribution in [0.15, 0.2) is 84.9 Å². The maximum Gasteiger partial charge on any atom is 0.123 e. The molecule has 0 aliphatic carbocycles. The van der Waals surface area contributed by atoms with Crippen molar-refractivity contribution in [1.29, 1.82) is 0 Å². The molecule has 0 aliphatic rings. The van der Waals surface area contributed by atoms with Crippen LogP contribution in [-0.2, 0) is 6.42 Å². The second-order valence-corrected chi connectivity index (χ2v) is 8.15. The van der Waals surface area contributed by atoms with E-state index in [4.69, 9.17) is 0 Å². The molecular formula is C29H29F. The van der Waals surface area contributed by atoms with Crippen LogP contribution in [0.25, 0.3) is 33.0 Å². The lowest BCUT2D eigenvalue weighted by Crippen LogP contribution is -1.87. The van der Waals surface area contributed by atoms with Crippen molar-refractivity contribution in [2.24, 2.45) is 0 Å². The fourth-order valence-electron chi connectivity index (χ4n) is 4.09. The summed E-state index contributed by atoms with van der Waals surface area (Å²) in [5.41, 5.74) is 5.76. The lowest BCUT2D eigenvalue weighted by atomic mass is 9.97. The van der Waals surface area contributed by atoms with Crippen LogP contribution in [0.2, 0.25) is 0 Å². The van der Waals surface area contributed by atoms with Crippen LogP contribution in [0.1, 0.15) is 44.6 Å². The van der Waals surface area contributed by atoms with Crippen molar-refractivity contribution in [3.8, 4) is 22.3 Å². The molecule has 0 N–H and O–H groups in total. The number of halogens is 1. The molecule has 4 aromatic rings. The van der Waals surface area contributed by atoms with Crippen molar-refractivity contribution in [2.75, 3.05) is 0 Å². The molecular weight excluding hydrogens is 367 g/mol. The standard InChI is InChI=1S/C29H29F/c1-2-3-4-5-6-8-22-11-12-28-20-27(18-17-26(28)19-22)24-15-13-23(14-16-24)25-9-7-10-29(30)21-25/h7,9-21H,2-6,8H2,1H3. The molecule has 0 unspecified atom stereocenters. The van der Waals surface area contributed by atoms with Crippen LogP contribution in [0, 0.1) is 5.82 Å². The zero-order valence-electron chi connectivity index (χ0n) is 17.7. The third kappa shape index (κ3) is 4.97. The highest BCUT2D eigenvalue weighted by atomic mass is 19.1. The van der Waals surface area contributed by atoms with Gasteiger partial charge in [0.15, 0.2) is 0 Å². The first-order chi connectivity index (χ1) is 14.7. The van der Waals surface area contributed by atoms with Gasteiger partial charge in [-0.25, -0.2) is 4.39 Å². The van der Waals surface area contributed by atoms with Crippen molar-refractivity contribution in [1.82, 2.24) is 0 Å². The topological polar surface area (TPSA) is 0 Å². The molecule has 0 nitrogen and oxygen atoms in total. The smallest absolute Gasteiger partial charge is 0.123 e. The number of benzene rings is 4. The second-order valence-electron chi connectivity index (χ2n) is 8.15. The summed E-state index contributed by atoms with van der Waals surface area (Å²) in [6.45, 7) is 2.26. The van der Waals surface area contributed by atoms with Gasteiger partial charge in [-0.2, -0.15) is 0 Å². The number of unbranched alkanes of at least 4 members (excludes halogenated alkanes) is 4. The predicted molar refractivity (Wildman–Crippen MR) is 127 cm³/mol. The summed E-state index contributed by atoms with van der Waals surface area (Å²) in [5.74, 6) is -0.202. The van der Waals surface area contributed by atoms with Crippen LogP contribution in [0.3, 0.4) is 0 Å². The minimum atomic E-state index is -0.202. The SMILES string of the molecule is CCCCCCCc1ccc2cc(-c3ccc(-c4cccc(F)c4)cc3)ccc2c1. The van der Waals surface area contributed by atoms with E-state index in [1.54, 1.807) is 12.1 Å². The Kier molecular flexibility index (Phi) is 6.59. The Bertz CT molecular complexity index is 1110. The molecule has 30 heavy (non-hydrogen) atoms. The van der Waals surface area contributed by atoms with Crippen molar-refractivity contribution in [3.63, 3.8) is 0 Å². The zero-order chi connectivity index (χ0) is 20.8. The Hall–Kier alpha value is -2.93. The summed E-state index contributed by atoms with van der Waals surface area (Å²) < 4.78 is 13.5. The number of hydrogen-bond donors (Lipinski definition) is 0. The first kappa shape index (κ1) is 20.3. The lowest BCUT2D eigenvalue weighted by Gasteiger charge is -2.08. The Balaban J connectivity index is 1.48. The molecule has 0 atom stereocenters. The molecule has 0 fully saturated rings. The summed E-state index contributed by atoms with van der Waals surface area (Å²) >= 11 is 0. The van der Waals surface area contributed by atoms with E-state index in [2.05, 4.69) is 67.6 Å². The normalized spacial score (nSPS) is 11.1. The van der Waals surface area contributed by atoms with Gasteiger partial charge >= 0.3 is 0 Å². The summed E-state index contributed by atoms with van der Waals surface area (Å²) in [6.07, 6.45) is 7.78. The van der Waals surface area contributed by atoms with Gasteiger partial charge in [-0.3, -0.25) is 0 Å². The molecule has 0 amide bonds. The maximum atomic E-state index is 13.5. The van der Waals surface area contributed by atoms with Crippen molar-refractivity contribution in [2.45, 2.75) is 45.4 Å².